The van der Waals surface area contributed by atoms with Crippen LogP contribution in [0.1, 0.15) is 5.56 Å². The molecule has 0 saturated carbocycles. The van der Waals surface area contributed by atoms with Crippen molar-refractivity contribution in [1.29, 1.82) is 0 Å². The molecule has 0 aliphatic heterocycles. The van der Waals surface area contributed by atoms with E-state index in [0.717, 1.165) is 10.6 Å². The Labute approximate surface area is 100 Å². The summed E-state index contributed by atoms with van der Waals surface area (Å²) in [7, 11) is 0. The molecular weight excluding hydrogens is 181 g/mol. The van der Waals surface area contributed by atoms with Gasteiger partial charge < -0.3 is 5.11 Å². The second-order valence-corrected chi connectivity index (χ2v) is 2.54. The molecule has 0 atom stereocenters. The van der Waals surface area contributed by atoms with E-state index in [-0.39, 0.29) is 42.8 Å². The first kappa shape index (κ1) is 15.1. The van der Waals surface area contributed by atoms with Gasteiger partial charge in [0.1, 0.15) is 0 Å². The molecule has 1 aromatic carbocycles. The van der Waals surface area contributed by atoms with Crippen LogP contribution >= 0.6 is 11.6 Å². The number of halogens is 1. The third-order valence-electron chi connectivity index (χ3n) is 1.31. The molecule has 0 radical (unpaired) electrons. The van der Waals surface area contributed by atoms with E-state index in [2.05, 4.69) is 0 Å². The summed E-state index contributed by atoms with van der Waals surface area (Å²) in [6.07, 6.45) is 0.706. The van der Waals surface area contributed by atoms with Gasteiger partial charge in [-0.2, -0.15) is 0 Å². The molecule has 12 heavy (non-hydrogen) atoms. The first-order valence-electron chi connectivity index (χ1n) is 3.18. The van der Waals surface area contributed by atoms with Crippen LogP contribution in [0.15, 0.2) is 24.3 Å². The van der Waals surface area contributed by atoms with Crippen LogP contribution in [0.2, 0.25) is 5.02 Å². The summed E-state index contributed by atoms with van der Waals surface area (Å²) in [6.45, 7) is 0.196. The molecule has 0 unspecified atom stereocenters. The summed E-state index contributed by atoms with van der Waals surface area (Å²) in [5, 5.41) is 9.29. The predicted molar refractivity (Wildman–Crippen MR) is 59.3 cm³/mol. The van der Waals surface area contributed by atoms with Crippen molar-refractivity contribution in [2.24, 2.45) is 0 Å². The SMILES string of the molecule is OCCc1ccc(Cl)cc1.[AlH3].[LiH]. The molecule has 0 aliphatic rings. The van der Waals surface area contributed by atoms with Gasteiger partial charge in [-0.1, -0.05) is 23.7 Å². The quantitative estimate of drug-likeness (QED) is 0.660. The Morgan fingerprint density at radius 2 is 1.67 bits per heavy atom. The minimum atomic E-state index is 0. The zero-order valence-electron chi connectivity index (χ0n) is 5.55. The first-order chi connectivity index (χ1) is 4.83. The van der Waals surface area contributed by atoms with E-state index in [4.69, 9.17) is 16.7 Å². The van der Waals surface area contributed by atoms with E-state index in [9.17, 15) is 0 Å². The molecule has 0 bridgehead atoms. The van der Waals surface area contributed by atoms with Crippen LogP contribution in [0.3, 0.4) is 0 Å². The second-order valence-electron chi connectivity index (χ2n) is 2.10. The fourth-order valence-corrected chi connectivity index (χ4v) is 0.906. The van der Waals surface area contributed by atoms with Crippen molar-refractivity contribution >= 4 is 47.8 Å². The van der Waals surface area contributed by atoms with Crippen LogP contribution in [0.4, 0.5) is 0 Å². The fourth-order valence-electron chi connectivity index (χ4n) is 0.780. The van der Waals surface area contributed by atoms with Crippen LogP contribution in [-0.4, -0.2) is 47.9 Å². The van der Waals surface area contributed by atoms with E-state index >= 15 is 0 Å². The third-order valence-corrected chi connectivity index (χ3v) is 1.57. The summed E-state index contributed by atoms with van der Waals surface area (Å²) in [5.41, 5.74) is 1.12. The summed E-state index contributed by atoms with van der Waals surface area (Å²) in [5.74, 6) is 0. The summed E-state index contributed by atoms with van der Waals surface area (Å²) >= 11 is 5.65. The Kier molecular flexibility index (Phi) is 10.3. The van der Waals surface area contributed by atoms with Crippen LogP contribution in [-0.2, 0) is 6.42 Å². The summed E-state index contributed by atoms with van der Waals surface area (Å²) < 4.78 is 0. The van der Waals surface area contributed by atoms with Gasteiger partial charge in [0.05, 0.1) is 0 Å². The van der Waals surface area contributed by atoms with Crippen LogP contribution in [0, 0.1) is 0 Å². The molecule has 1 aromatic rings. The molecule has 0 saturated heterocycles. The fraction of sp³-hybridized carbons (Fsp3) is 0.250. The number of benzene rings is 1. The number of aliphatic hydroxyl groups excluding tert-OH is 1. The Hall–Kier alpha value is 0.600. The van der Waals surface area contributed by atoms with Gasteiger partial charge in [0.2, 0.25) is 0 Å². The van der Waals surface area contributed by atoms with Gasteiger partial charge in [0.25, 0.3) is 0 Å². The van der Waals surface area contributed by atoms with E-state index < -0.39 is 0 Å². The summed E-state index contributed by atoms with van der Waals surface area (Å²) in [6, 6.07) is 7.48. The van der Waals surface area contributed by atoms with Crippen molar-refractivity contribution < 1.29 is 5.11 Å². The average Bonchev–Trinajstić information content (AvgIpc) is 1.95. The molecule has 0 aliphatic carbocycles. The van der Waals surface area contributed by atoms with Crippen molar-refractivity contribution in [3.05, 3.63) is 34.9 Å². The van der Waals surface area contributed by atoms with Crippen molar-refractivity contribution in [1.82, 2.24) is 0 Å². The van der Waals surface area contributed by atoms with Crippen LogP contribution in [0.25, 0.3) is 0 Å². The van der Waals surface area contributed by atoms with Gasteiger partial charge in [-0.05, 0) is 24.1 Å². The second kappa shape index (κ2) is 8.21. The average molecular weight is 195 g/mol. The molecule has 0 heterocycles. The zero-order chi connectivity index (χ0) is 7.40. The monoisotopic (exact) mass is 194 g/mol. The van der Waals surface area contributed by atoms with Gasteiger partial charge in [0, 0.05) is 11.6 Å². The predicted octanol–water partition coefficient (Wildman–Crippen LogP) is 0.0424. The van der Waals surface area contributed by atoms with Gasteiger partial charge >= 0.3 is 18.9 Å². The molecule has 1 nitrogen and oxygen atoms in total. The Morgan fingerprint density at radius 1 is 1.17 bits per heavy atom. The standard InChI is InChI=1S/C8H9ClO.Al.Li.4H/c9-8-3-1-7(2-4-8)5-6-10;;;;;;/h1-4,10H,5-6H2;;;;;;. The van der Waals surface area contributed by atoms with Gasteiger partial charge in [-0.3, -0.25) is 0 Å². The van der Waals surface area contributed by atoms with E-state index in [1.165, 1.54) is 0 Å². The molecule has 0 spiro atoms. The summed E-state index contributed by atoms with van der Waals surface area (Å²) in [4.78, 5) is 0. The number of hydrogen-bond acceptors (Lipinski definition) is 1. The zero-order valence-corrected chi connectivity index (χ0v) is 6.30. The number of hydrogen-bond donors (Lipinski definition) is 1. The van der Waals surface area contributed by atoms with Crippen molar-refractivity contribution in [2.45, 2.75) is 6.42 Å². The topological polar surface area (TPSA) is 20.2 Å². The number of rotatable bonds is 2. The third kappa shape index (κ3) is 5.28. The molecular formula is C8H13AlClLiO. The Bertz CT molecular complexity index is 203. The molecule has 0 fully saturated rings. The van der Waals surface area contributed by atoms with Crippen LogP contribution < -0.4 is 0 Å². The molecule has 1 rings (SSSR count). The van der Waals surface area contributed by atoms with E-state index in [1.807, 2.05) is 24.3 Å². The maximum absolute atomic E-state index is 8.56. The van der Waals surface area contributed by atoms with Gasteiger partial charge in [-0.15, -0.1) is 0 Å². The molecule has 4 heteroatoms. The molecule has 1 N–H and O–H groups in total. The molecule has 0 aromatic heterocycles. The number of aliphatic hydroxyl groups is 1. The van der Waals surface area contributed by atoms with Gasteiger partial charge in [0.15, 0.2) is 17.4 Å². The molecule has 62 valence electrons. The maximum atomic E-state index is 8.56. The molecule has 0 amide bonds. The Balaban J connectivity index is 0. The van der Waals surface area contributed by atoms with Crippen molar-refractivity contribution in [2.75, 3.05) is 6.61 Å². The van der Waals surface area contributed by atoms with E-state index in [0.29, 0.717) is 6.42 Å². The first-order valence-corrected chi connectivity index (χ1v) is 3.56. The van der Waals surface area contributed by atoms with Gasteiger partial charge in [-0.25, -0.2) is 0 Å². The normalized spacial score (nSPS) is 8.17. The van der Waals surface area contributed by atoms with Crippen molar-refractivity contribution in [3.63, 3.8) is 0 Å². The van der Waals surface area contributed by atoms with Crippen molar-refractivity contribution in [3.8, 4) is 0 Å². The minimum absolute atomic E-state index is 0. The van der Waals surface area contributed by atoms with Crippen LogP contribution in [0.5, 0.6) is 0 Å². The Morgan fingerprint density at radius 3 is 2.08 bits per heavy atom. The van der Waals surface area contributed by atoms with E-state index in [1.54, 1.807) is 0 Å².